The summed E-state index contributed by atoms with van der Waals surface area (Å²) in [7, 11) is 1.33. The van der Waals surface area contributed by atoms with Crippen molar-refractivity contribution in [1.82, 2.24) is 0 Å². The number of Topliss-reactive ketones (excluding diaryl/α,β-unsaturated/α-hetero) is 1. The van der Waals surface area contributed by atoms with Crippen molar-refractivity contribution in [3.8, 4) is 5.75 Å². The lowest BCUT2D eigenvalue weighted by molar-refractivity contribution is -0.140. The second-order valence-corrected chi connectivity index (χ2v) is 5.71. The Balaban J connectivity index is 3.02. The van der Waals surface area contributed by atoms with Crippen LogP contribution < -0.4 is 4.74 Å². The van der Waals surface area contributed by atoms with Gasteiger partial charge >= 0.3 is 5.97 Å². The van der Waals surface area contributed by atoms with E-state index >= 15 is 0 Å². The number of carbonyl (C=O) groups excluding carboxylic acids is 2. The van der Waals surface area contributed by atoms with E-state index in [0.717, 1.165) is 23.3 Å². The van der Waals surface area contributed by atoms with Crippen LogP contribution >= 0.6 is 0 Å². The average molecular weight is 306 g/mol. The van der Waals surface area contributed by atoms with E-state index in [1.54, 1.807) is 0 Å². The third kappa shape index (κ3) is 4.86. The molecule has 1 rings (SSSR count). The lowest BCUT2D eigenvalue weighted by Gasteiger charge is -2.17. The highest BCUT2D eigenvalue weighted by molar-refractivity contribution is 5.99. The molecule has 0 aliphatic carbocycles. The maximum atomic E-state index is 12.3. The maximum absolute atomic E-state index is 12.3. The van der Waals surface area contributed by atoms with Crippen molar-refractivity contribution in [2.45, 2.75) is 52.9 Å². The molecule has 0 amide bonds. The van der Waals surface area contributed by atoms with Crippen LogP contribution in [-0.2, 0) is 9.53 Å². The van der Waals surface area contributed by atoms with Gasteiger partial charge in [0.1, 0.15) is 5.75 Å². The van der Waals surface area contributed by atoms with Crippen molar-refractivity contribution in [2.75, 3.05) is 13.7 Å². The quantitative estimate of drug-likeness (QED) is 0.537. The topological polar surface area (TPSA) is 52.6 Å². The SMILES string of the molecule is CCCOc1cc(C)c(C(=O)CCC(=O)OC)cc1C(C)C. The smallest absolute Gasteiger partial charge is 0.305 e. The standard InChI is InChI=1S/C18H26O4/c1-6-9-22-17-10-13(4)15(11-14(17)12(2)3)16(19)7-8-18(20)21-5/h10-12H,6-9H2,1-5H3. The molecule has 0 saturated heterocycles. The third-order valence-electron chi connectivity index (χ3n) is 3.52. The maximum Gasteiger partial charge on any atom is 0.305 e. The second-order valence-electron chi connectivity index (χ2n) is 5.71. The number of hydrogen-bond donors (Lipinski definition) is 0. The van der Waals surface area contributed by atoms with E-state index in [4.69, 9.17) is 4.74 Å². The zero-order valence-corrected chi connectivity index (χ0v) is 14.2. The van der Waals surface area contributed by atoms with E-state index in [9.17, 15) is 9.59 Å². The van der Waals surface area contributed by atoms with E-state index < -0.39 is 0 Å². The van der Waals surface area contributed by atoms with Crippen LogP contribution in [0.25, 0.3) is 0 Å². The Labute approximate surface area is 132 Å². The molecule has 0 atom stereocenters. The van der Waals surface area contributed by atoms with Crippen molar-refractivity contribution >= 4 is 11.8 Å². The monoisotopic (exact) mass is 306 g/mol. The number of ether oxygens (including phenoxy) is 2. The molecule has 0 aliphatic rings. The van der Waals surface area contributed by atoms with Crippen LogP contribution in [0.4, 0.5) is 0 Å². The zero-order valence-electron chi connectivity index (χ0n) is 14.2. The van der Waals surface area contributed by atoms with Gasteiger partial charge in [-0.15, -0.1) is 0 Å². The molecule has 0 bridgehead atoms. The minimum Gasteiger partial charge on any atom is -0.493 e. The normalized spacial score (nSPS) is 10.6. The fourth-order valence-corrected chi connectivity index (χ4v) is 2.24. The highest BCUT2D eigenvalue weighted by Crippen LogP contribution is 2.30. The molecular formula is C18H26O4. The summed E-state index contributed by atoms with van der Waals surface area (Å²) in [6.07, 6.45) is 1.22. The van der Waals surface area contributed by atoms with Crippen LogP contribution in [0.5, 0.6) is 5.75 Å². The zero-order chi connectivity index (χ0) is 16.7. The molecule has 4 heteroatoms. The van der Waals surface area contributed by atoms with Crippen molar-refractivity contribution in [3.63, 3.8) is 0 Å². The van der Waals surface area contributed by atoms with Gasteiger partial charge in [-0.1, -0.05) is 20.8 Å². The molecule has 1 aromatic carbocycles. The fraction of sp³-hybridized carbons (Fsp3) is 0.556. The first kappa shape index (κ1) is 18.2. The molecule has 0 N–H and O–H groups in total. The Morgan fingerprint density at radius 3 is 2.41 bits per heavy atom. The summed E-state index contributed by atoms with van der Waals surface area (Å²) in [5.74, 6) is 0.711. The highest BCUT2D eigenvalue weighted by Gasteiger charge is 2.17. The molecule has 0 saturated carbocycles. The Morgan fingerprint density at radius 2 is 1.86 bits per heavy atom. The summed E-state index contributed by atoms with van der Waals surface area (Å²) >= 11 is 0. The van der Waals surface area contributed by atoms with Crippen LogP contribution in [0.3, 0.4) is 0 Å². The fourth-order valence-electron chi connectivity index (χ4n) is 2.24. The molecule has 122 valence electrons. The summed E-state index contributed by atoms with van der Waals surface area (Å²) in [5, 5.41) is 0. The van der Waals surface area contributed by atoms with E-state index in [0.29, 0.717) is 12.2 Å². The molecule has 0 fully saturated rings. The van der Waals surface area contributed by atoms with E-state index in [2.05, 4.69) is 25.5 Å². The number of ketones is 1. The third-order valence-corrected chi connectivity index (χ3v) is 3.52. The predicted molar refractivity (Wildman–Crippen MR) is 86.6 cm³/mol. The van der Waals surface area contributed by atoms with Gasteiger partial charge < -0.3 is 9.47 Å². The van der Waals surface area contributed by atoms with E-state index in [-0.39, 0.29) is 30.5 Å². The molecule has 22 heavy (non-hydrogen) atoms. The molecule has 1 aromatic rings. The van der Waals surface area contributed by atoms with Gasteiger partial charge in [-0.3, -0.25) is 9.59 Å². The lowest BCUT2D eigenvalue weighted by Crippen LogP contribution is -2.09. The molecule has 0 aliphatic heterocycles. The predicted octanol–water partition coefficient (Wildman–Crippen LogP) is 4.04. The van der Waals surface area contributed by atoms with Crippen molar-refractivity contribution < 1.29 is 19.1 Å². The van der Waals surface area contributed by atoms with Gasteiger partial charge in [0, 0.05) is 12.0 Å². The highest BCUT2D eigenvalue weighted by atomic mass is 16.5. The number of carbonyl (C=O) groups is 2. The first-order valence-electron chi connectivity index (χ1n) is 7.78. The summed E-state index contributed by atoms with van der Waals surface area (Å²) in [6.45, 7) is 8.77. The van der Waals surface area contributed by atoms with Crippen LogP contribution in [0.15, 0.2) is 12.1 Å². The Bertz CT molecular complexity index is 532. The van der Waals surface area contributed by atoms with Crippen molar-refractivity contribution in [1.29, 1.82) is 0 Å². The summed E-state index contributed by atoms with van der Waals surface area (Å²) < 4.78 is 10.4. The van der Waals surface area contributed by atoms with Gasteiger partial charge in [0.25, 0.3) is 0 Å². The first-order chi connectivity index (χ1) is 10.4. The number of rotatable bonds is 8. The Hall–Kier alpha value is -1.84. The molecular weight excluding hydrogens is 280 g/mol. The Morgan fingerprint density at radius 1 is 1.18 bits per heavy atom. The van der Waals surface area contributed by atoms with Gasteiger partial charge in [0.15, 0.2) is 5.78 Å². The number of aryl methyl sites for hydroxylation is 1. The van der Waals surface area contributed by atoms with Crippen LogP contribution in [0, 0.1) is 6.92 Å². The summed E-state index contributed by atoms with van der Waals surface area (Å²) in [5.41, 5.74) is 2.57. The molecule has 0 radical (unpaired) electrons. The molecule has 4 nitrogen and oxygen atoms in total. The second kappa shape index (κ2) is 8.57. The van der Waals surface area contributed by atoms with Gasteiger partial charge in [-0.05, 0) is 42.5 Å². The average Bonchev–Trinajstić information content (AvgIpc) is 2.49. The summed E-state index contributed by atoms with van der Waals surface area (Å²) in [4.78, 5) is 23.5. The van der Waals surface area contributed by atoms with Gasteiger partial charge in [-0.2, -0.15) is 0 Å². The Kier molecular flexibility index (Phi) is 7.09. The number of methoxy groups -OCH3 is 1. The number of hydrogen-bond acceptors (Lipinski definition) is 4. The van der Waals surface area contributed by atoms with Gasteiger partial charge in [-0.25, -0.2) is 0 Å². The first-order valence-corrected chi connectivity index (χ1v) is 7.78. The molecule has 0 aromatic heterocycles. The molecule has 0 unspecified atom stereocenters. The van der Waals surface area contributed by atoms with Gasteiger partial charge in [0.05, 0.1) is 20.1 Å². The van der Waals surface area contributed by atoms with Crippen molar-refractivity contribution in [2.24, 2.45) is 0 Å². The van der Waals surface area contributed by atoms with E-state index in [1.165, 1.54) is 7.11 Å². The van der Waals surface area contributed by atoms with Crippen LogP contribution in [-0.4, -0.2) is 25.5 Å². The van der Waals surface area contributed by atoms with Crippen LogP contribution in [0.1, 0.15) is 67.4 Å². The van der Waals surface area contributed by atoms with Crippen molar-refractivity contribution in [3.05, 3.63) is 28.8 Å². The molecule has 0 spiro atoms. The van der Waals surface area contributed by atoms with E-state index in [1.807, 2.05) is 19.1 Å². The minimum atomic E-state index is -0.363. The number of esters is 1. The summed E-state index contributed by atoms with van der Waals surface area (Å²) in [6, 6.07) is 3.83. The largest absolute Gasteiger partial charge is 0.493 e. The number of benzene rings is 1. The minimum absolute atomic E-state index is 0.0353. The van der Waals surface area contributed by atoms with Crippen LogP contribution in [0.2, 0.25) is 0 Å². The molecule has 0 heterocycles. The van der Waals surface area contributed by atoms with Gasteiger partial charge in [0.2, 0.25) is 0 Å². The lowest BCUT2D eigenvalue weighted by atomic mass is 9.93.